The highest BCUT2D eigenvalue weighted by Crippen LogP contribution is 2.34. The van der Waals surface area contributed by atoms with Gasteiger partial charge in [0.2, 0.25) is 0 Å². The Balaban J connectivity index is 1.70. The number of carbonyl (C=O) groups excluding carboxylic acids is 1. The van der Waals surface area contributed by atoms with Crippen molar-refractivity contribution in [2.75, 3.05) is 12.4 Å². The average Bonchev–Trinajstić information content (AvgIpc) is 3.06. The molecule has 0 bridgehead atoms. The van der Waals surface area contributed by atoms with Gasteiger partial charge in [0.25, 0.3) is 5.91 Å². The highest BCUT2D eigenvalue weighted by molar-refractivity contribution is 7.99. The van der Waals surface area contributed by atoms with Gasteiger partial charge in [-0.15, -0.1) is 10.2 Å². The van der Waals surface area contributed by atoms with Crippen LogP contribution in [0.2, 0.25) is 0 Å². The van der Waals surface area contributed by atoms with Crippen molar-refractivity contribution >= 4 is 23.4 Å². The Labute approximate surface area is 156 Å². The first-order chi connectivity index (χ1) is 12.6. The first kappa shape index (κ1) is 18.0. The summed E-state index contributed by atoms with van der Waals surface area (Å²) in [5.74, 6) is 0.566. The summed E-state index contributed by atoms with van der Waals surface area (Å²) in [5, 5.41) is 12.0. The van der Waals surface area contributed by atoms with Crippen molar-refractivity contribution in [3.8, 4) is 5.75 Å². The maximum Gasteiger partial charge on any atom is 0.255 e. The maximum absolute atomic E-state index is 12.4. The van der Waals surface area contributed by atoms with Gasteiger partial charge in [-0.1, -0.05) is 23.9 Å². The Morgan fingerprint density at radius 2 is 2.00 bits per heavy atom. The third-order valence-corrected chi connectivity index (χ3v) is 5.12. The van der Waals surface area contributed by atoms with Gasteiger partial charge >= 0.3 is 0 Å². The molecule has 2 aromatic carbocycles. The van der Waals surface area contributed by atoms with E-state index in [1.54, 1.807) is 49.5 Å². The summed E-state index contributed by atoms with van der Waals surface area (Å²) in [6.07, 6.45) is 1.68. The van der Waals surface area contributed by atoms with E-state index in [1.165, 1.54) is 0 Å². The smallest absolute Gasteiger partial charge is 0.255 e. The van der Waals surface area contributed by atoms with E-state index in [0.29, 0.717) is 5.56 Å². The monoisotopic (exact) mass is 368 g/mol. The van der Waals surface area contributed by atoms with E-state index in [0.717, 1.165) is 22.2 Å². The summed E-state index contributed by atoms with van der Waals surface area (Å²) in [4.78, 5) is 12.4. The lowest BCUT2D eigenvalue weighted by atomic mass is 10.1. The van der Waals surface area contributed by atoms with Gasteiger partial charge in [0.1, 0.15) is 12.1 Å². The highest BCUT2D eigenvalue weighted by Gasteiger charge is 2.13. The lowest BCUT2D eigenvalue weighted by Crippen LogP contribution is -2.12. The number of carbonyl (C=O) groups is 1. The van der Waals surface area contributed by atoms with Crippen LogP contribution in [0.25, 0.3) is 0 Å². The van der Waals surface area contributed by atoms with Crippen LogP contribution < -0.4 is 10.1 Å². The fourth-order valence-electron chi connectivity index (χ4n) is 2.42. The van der Waals surface area contributed by atoms with Crippen molar-refractivity contribution < 1.29 is 9.53 Å². The van der Waals surface area contributed by atoms with Crippen molar-refractivity contribution in [2.45, 2.75) is 17.3 Å². The summed E-state index contributed by atoms with van der Waals surface area (Å²) in [6.45, 7) is 2.10. The van der Waals surface area contributed by atoms with Gasteiger partial charge in [-0.25, -0.2) is 0 Å². The van der Waals surface area contributed by atoms with Crippen molar-refractivity contribution in [3.63, 3.8) is 0 Å². The molecule has 1 heterocycles. The molecule has 1 N–H and O–H groups in total. The molecule has 1 atom stereocenters. The average molecular weight is 368 g/mol. The van der Waals surface area contributed by atoms with Gasteiger partial charge in [0.15, 0.2) is 5.16 Å². The van der Waals surface area contributed by atoms with Crippen LogP contribution in [0.3, 0.4) is 0 Å². The number of aromatic nitrogens is 3. The molecule has 0 aliphatic rings. The molecule has 3 aromatic rings. The molecule has 3 rings (SSSR count). The summed E-state index contributed by atoms with van der Waals surface area (Å²) >= 11 is 1.62. The number of hydrogen-bond acceptors (Lipinski definition) is 5. The number of anilines is 1. The lowest BCUT2D eigenvalue weighted by Gasteiger charge is -2.13. The van der Waals surface area contributed by atoms with Gasteiger partial charge in [-0.05, 0) is 48.9 Å². The van der Waals surface area contributed by atoms with Crippen LogP contribution in [0.4, 0.5) is 5.69 Å². The minimum atomic E-state index is -0.154. The van der Waals surface area contributed by atoms with Crippen LogP contribution in [0.15, 0.2) is 60.0 Å². The summed E-state index contributed by atoms with van der Waals surface area (Å²) in [6, 6.07) is 14.9. The number of nitrogens with zero attached hydrogens (tertiary/aromatic N) is 3. The second-order valence-electron chi connectivity index (χ2n) is 5.79. The van der Waals surface area contributed by atoms with E-state index >= 15 is 0 Å². The zero-order valence-corrected chi connectivity index (χ0v) is 15.7. The van der Waals surface area contributed by atoms with E-state index in [-0.39, 0.29) is 11.2 Å². The van der Waals surface area contributed by atoms with E-state index in [1.807, 2.05) is 35.9 Å². The number of amides is 1. The van der Waals surface area contributed by atoms with Crippen LogP contribution >= 0.6 is 11.8 Å². The first-order valence-corrected chi connectivity index (χ1v) is 9.01. The summed E-state index contributed by atoms with van der Waals surface area (Å²) in [7, 11) is 3.52. The van der Waals surface area contributed by atoms with Crippen LogP contribution in [-0.2, 0) is 7.05 Å². The quantitative estimate of drug-likeness (QED) is 0.668. The van der Waals surface area contributed by atoms with Gasteiger partial charge < -0.3 is 14.6 Å². The molecule has 0 saturated carbocycles. The van der Waals surface area contributed by atoms with Crippen molar-refractivity contribution in [2.24, 2.45) is 7.05 Å². The molecule has 0 radical (unpaired) electrons. The molecule has 1 aromatic heterocycles. The minimum absolute atomic E-state index is 0.154. The number of aryl methyl sites for hydroxylation is 1. The summed E-state index contributed by atoms with van der Waals surface area (Å²) in [5.41, 5.74) is 2.44. The topological polar surface area (TPSA) is 69.0 Å². The second kappa shape index (κ2) is 8.05. The third kappa shape index (κ3) is 4.23. The Morgan fingerprint density at radius 1 is 1.23 bits per heavy atom. The summed E-state index contributed by atoms with van der Waals surface area (Å²) < 4.78 is 7.00. The molecule has 0 saturated heterocycles. The zero-order valence-electron chi connectivity index (χ0n) is 14.8. The van der Waals surface area contributed by atoms with Crippen molar-refractivity contribution in [3.05, 3.63) is 66.0 Å². The van der Waals surface area contributed by atoms with Crippen LogP contribution in [0.5, 0.6) is 5.75 Å². The van der Waals surface area contributed by atoms with E-state index < -0.39 is 0 Å². The van der Waals surface area contributed by atoms with Gasteiger partial charge in [-0.3, -0.25) is 4.79 Å². The third-order valence-electron chi connectivity index (χ3n) is 3.92. The Morgan fingerprint density at radius 3 is 2.65 bits per heavy atom. The van der Waals surface area contributed by atoms with E-state index in [2.05, 4.69) is 22.4 Å². The van der Waals surface area contributed by atoms with Gasteiger partial charge in [0, 0.05) is 23.5 Å². The lowest BCUT2D eigenvalue weighted by molar-refractivity contribution is 0.102. The van der Waals surface area contributed by atoms with Gasteiger partial charge in [-0.2, -0.15) is 0 Å². The molecule has 26 heavy (non-hydrogen) atoms. The molecule has 1 amide bonds. The van der Waals surface area contributed by atoms with Gasteiger partial charge in [0.05, 0.1) is 7.11 Å². The fraction of sp³-hybridized carbons (Fsp3) is 0.211. The van der Waals surface area contributed by atoms with Crippen LogP contribution in [0.1, 0.15) is 28.1 Å². The molecule has 1 unspecified atom stereocenters. The molecule has 7 heteroatoms. The van der Waals surface area contributed by atoms with Crippen LogP contribution in [-0.4, -0.2) is 27.8 Å². The highest BCUT2D eigenvalue weighted by atomic mass is 32.2. The molecule has 134 valence electrons. The molecule has 0 spiro atoms. The SMILES string of the molecule is COc1ccc(C(=O)Nc2cccc(C(C)Sc3nncn3C)c2)cc1. The fourth-order valence-corrected chi connectivity index (χ4v) is 3.33. The number of nitrogens with one attached hydrogen (secondary N) is 1. The maximum atomic E-state index is 12.4. The number of rotatable bonds is 6. The Kier molecular flexibility index (Phi) is 5.58. The molecular formula is C19H20N4O2S. The predicted molar refractivity (Wildman–Crippen MR) is 103 cm³/mol. The van der Waals surface area contributed by atoms with E-state index in [9.17, 15) is 4.79 Å². The number of benzene rings is 2. The number of hydrogen-bond donors (Lipinski definition) is 1. The second-order valence-corrected chi connectivity index (χ2v) is 7.10. The van der Waals surface area contributed by atoms with Crippen LogP contribution in [0, 0.1) is 0 Å². The normalized spacial score (nSPS) is 11.8. The number of ether oxygens (including phenoxy) is 1. The largest absolute Gasteiger partial charge is 0.497 e. The molecule has 0 aliphatic heterocycles. The van der Waals surface area contributed by atoms with Crippen molar-refractivity contribution in [1.29, 1.82) is 0 Å². The first-order valence-electron chi connectivity index (χ1n) is 8.13. The predicted octanol–water partition coefficient (Wildman–Crippen LogP) is 3.93. The number of methoxy groups -OCH3 is 1. The molecular weight excluding hydrogens is 348 g/mol. The zero-order chi connectivity index (χ0) is 18.5. The molecule has 6 nitrogen and oxygen atoms in total. The molecule has 0 aliphatic carbocycles. The Bertz CT molecular complexity index is 893. The van der Waals surface area contributed by atoms with Crippen molar-refractivity contribution in [1.82, 2.24) is 14.8 Å². The Hall–Kier alpha value is -2.80. The molecule has 0 fully saturated rings. The number of thioether (sulfide) groups is 1. The minimum Gasteiger partial charge on any atom is -0.497 e. The standard InChI is InChI=1S/C19H20N4O2S/c1-13(26-19-22-20-12-23(19)2)15-5-4-6-16(11-15)21-18(24)14-7-9-17(25-3)10-8-14/h4-13H,1-3H3,(H,21,24). The van der Waals surface area contributed by atoms with E-state index in [4.69, 9.17) is 4.74 Å².